The number of piperidine rings is 1. The van der Waals surface area contributed by atoms with Crippen LogP contribution in [-0.4, -0.2) is 37.7 Å². The van der Waals surface area contributed by atoms with E-state index in [1.54, 1.807) is 7.11 Å². The maximum Gasteiger partial charge on any atom is 0.135 e. The Morgan fingerprint density at radius 3 is 2.48 bits per heavy atom. The van der Waals surface area contributed by atoms with Gasteiger partial charge >= 0.3 is 0 Å². The number of likely N-dealkylation sites (tertiary alicyclic amines) is 1. The van der Waals surface area contributed by atoms with Gasteiger partial charge in [0.2, 0.25) is 0 Å². The highest BCUT2D eigenvalue weighted by Gasteiger charge is 2.20. The first-order valence-corrected chi connectivity index (χ1v) is 9.10. The molecule has 1 aliphatic heterocycles. The number of hydrogen-bond acceptors (Lipinski definition) is 3. The van der Waals surface area contributed by atoms with Gasteiger partial charge in [-0.25, -0.2) is 0 Å². The van der Waals surface area contributed by atoms with Crippen LogP contribution in [0.25, 0.3) is 0 Å². The standard InChI is InChI=1S/C16H24Br2N2O/c1-11(2)10-20-6-4-12(5-7-20)19-15-9-16(21-3)14(18)8-13(15)17/h8-9,11-12,19H,4-7,10H2,1-3H3. The molecule has 1 aromatic rings. The summed E-state index contributed by atoms with van der Waals surface area (Å²) >= 11 is 7.13. The van der Waals surface area contributed by atoms with Crippen LogP contribution in [0.4, 0.5) is 5.69 Å². The lowest BCUT2D eigenvalue weighted by Gasteiger charge is -2.34. The van der Waals surface area contributed by atoms with E-state index in [2.05, 4.69) is 62.0 Å². The number of halogens is 2. The molecule has 1 fully saturated rings. The van der Waals surface area contributed by atoms with Gasteiger partial charge in [0.05, 0.1) is 17.3 Å². The molecule has 0 bridgehead atoms. The van der Waals surface area contributed by atoms with Crippen LogP contribution < -0.4 is 10.1 Å². The SMILES string of the molecule is COc1cc(NC2CCN(CC(C)C)CC2)c(Br)cc1Br. The smallest absolute Gasteiger partial charge is 0.135 e. The van der Waals surface area contributed by atoms with Gasteiger partial charge < -0.3 is 15.0 Å². The van der Waals surface area contributed by atoms with Crippen LogP contribution in [0.5, 0.6) is 5.75 Å². The fraction of sp³-hybridized carbons (Fsp3) is 0.625. The van der Waals surface area contributed by atoms with Crippen molar-refractivity contribution < 1.29 is 4.74 Å². The van der Waals surface area contributed by atoms with Crippen molar-refractivity contribution in [3.05, 3.63) is 21.1 Å². The number of ether oxygens (including phenoxy) is 1. The Morgan fingerprint density at radius 2 is 1.90 bits per heavy atom. The molecule has 2 rings (SSSR count). The third-order valence-electron chi connectivity index (χ3n) is 3.81. The highest BCUT2D eigenvalue weighted by atomic mass is 79.9. The van der Waals surface area contributed by atoms with Crippen LogP contribution in [0, 0.1) is 5.92 Å². The zero-order valence-electron chi connectivity index (χ0n) is 13.0. The van der Waals surface area contributed by atoms with Crippen LogP contribution in [0.1, 0.15) is 26.7 Å². The quantitative estimate of drug-likeness (QED) is 0.744. The van der Waals surface area contributed by atoms with Gasteiger partial charge in [0.15, 0.2) is 0 Å². The summed E-state index contributed by atoms with van der Waals surface area (Å²) < 4.78 is 7.41. The van der Waals surface area contributed by atoms with Gasteiger partial charge in [-0.15, -0.1) is 0 Å². The van der Waals surface area contributed by atoms with E-state index in [0.29, 0.717) is 6.04 Å². The van der Waals surface area contributed by atoms with E-state index < -0.39 is 0 Å². The van der Waals surface area contributed by atoms with Crippen molar-refractivity contribution in [2.24, 2.45) is 5.92 Å². The summed E-state index contributed by atoms with van der Waals surface area (Å²) in [7, 11) is 1.70. The Bertz CT molecular complexity index is 472. The van der Waals surface area contributed by atoms with Crippen LogP contribution in [0.3, 0.4) is 0 Å². The normalized spacial score (nSPS) is 17.2. The Morgan fingerprint density at radius 1 is 1.24 bits per heavy atom. The van der Waals surface area contributed by atoms with E-state index in [1.165, 1.54) is 32.5 Å². The molecular weight excluding hydrogens is 396 g/mol. The second-order valence-electron chi connectivity index (χ2n) is 6.08. The van der Waals surface area contributed by atoms with Crippen molar-refractivity contribution >= 4 is 37.5 Å². The van der Waals surface area contributed by atoms with Crippen LogP contribution in [0.2, 0.25) is 0 Å². The molecule has 1 aliphatic rings. The largest absolute Gasteiger partial charge is 0.495 e. The number of nitrogens with one attached hydrogen (secondary N) is 1. The molecule has 21 heavy (non-hydrogen) atoms. The first-order chi connectivity index (χ1) is 9.99. The highest BCUT2D eigenvalue weighted by Crippen LogP contribution is 2.35. The predicted octanol–water partition coefficient (Wildman–Crippen LogP) is 4.75. The third kappa shape index (κ3) is 4.86. The lowest BCUT2D eigenvalue weighted by atomic mass is 10.0. The number of anilines is 1. The molecule has 5 heteroatoms. The molecule has 1 saturated heterocycles. The molecule has 1 N–H and O–H groups in total. The average Bonchev–Trinajstić information content (AvgIpc) is 2.43. The summed E-state index contributed by atoms with van der Waals surface area (Å²) in [4.78, 5) is 2.57. The zero-order chi connectivity index (χ0) is 15.4. The predicted molar refractivity (Wildman–Crippen MR) is 96.3 cm³/mol. The van der Waals surface area contributed by atoms with Gasteiger partial charge in [0, 0.05) is 36.2 Å². The van der Waals surface area contributed by atoms with Gasteiger partial charge in [0.25, 0.3) is 0 Å². The molecular formula is C16H24Br2N2O. The maximum absolute atomic E-state index is 5.37. The summed E-state index contributed by atoms with van der Waals surface area (Å²) in [6.07, 6.45) is 2.38. The number of rotatable bonds is 5. The molecule has 0 spiro atoms. The van der Waals surface area contributed by atoms with E-state index in [0.717, 1.165) is 26.3 Å². The van der Waals surface area contributed by atoms with Gasteiger partial charge in [-0.3, -0.25) is 0 Å². The molecule has 0 aliphatic carbocycles. The molecule has 0 radical (unpaired) electrons. The van der Waals surface area contributed by atoms with Crippen molar-refractivity contribution in [2.45, 2.75) is 32.7 Å². The van der Waals surface area contributed by atoms with Crippen molar-refractivity contribution in [3.63, 3.8) is 0 Å². The number of hydrogen-bond donors (Lipinski definition) is 1. The van der Waals surface area contributed by atoms with E-state index in [-0.39, 0.29) is 0 Å². The van der Waals surface area contributed by atoms with Crippen molar-refractivity contribution in [3.8, 4) is 5.75 Å². The molecule has 1 heterocycles. The van der Waals surface area contributed by atoms with Crippen LogP contribution >= 0.6 is 31.9 Å². The third-order valence-corrected chi connectivity index (χ3v) is 5.09. The Hall–Kier alpha value is -0.260. The number of benzene rings is 1. The number of methoxy groups -OCH3 is 1. The maximum atomic E-state index is 5.37. The summed E-state index contributed by atoms with van der Waals surface area (Å²) in [5, 5.41) is 3.65. The minimum Gasteiger partial charge on any atom is -0.495 e. The summed E-state index contributed by atoms with van der Waals surface area (Å²) in [6, 6.07) is 4.62. The minimum atomic E-state index is 0.538. The molecule has 0 aromatic heterocycles. The topological polar surface area (TPSA) is 24.5 Å². The summed E-state index contributed by atoms with van der Waals surface area (Å²) in [6.45, 7) is 8.15. The lowest BCUT2D eigenvalue weighted by molar-refractivity contribution is 0.198. The van der Waals surface area contributed by atoms with Crippen molar-refractivity contribution in [1.82, 2.24) is 4.90 Å². The second-order valence-corrected chi connectivity index (χ2v) is 7.79. The second kappa shape index (κ2) is 7.84. The fourth-order valence-corrected chi connectivity index (χ4v) is 4.06. The Balaban J connectivity index is 1.94. The molecule has 118 valence electrons. The van der Waals surface area contributed by atoms with Crippen molar-refractivity contribution in [1.29, 1.82) is 0 Å². The molecule has 0 atom stereocenters. The monoisotopic (exact) mass is 418 g/mol. The average molecular weight is 420 g/mol. The van der Waals surface area contributed by atoms with Gasteiger partial charge in [0.1, 0.15) is 5.75 Å². The zero-order valence-corrected chi connectivity index (χ0v) is 16.1. The first-order valence-electron chi connectivity index (χ1n) is 7.51. The summed E-state index contributed by atoms with van der Waals surface area (Å²) in [5.74, 6) is 1.61. The fourth-order valence-electron chi connectivity index (χ4n) is 2.79. The van der Waals surface area contributed by atoms with E-state index in [4.69, 9.17) is 4.74 Å². The van der Waals surface area contributed by atoms with Crippen molar-refractivity contribution in [2.75, 3.05) is 32.1 Å². The van der Waals surface area contributed by atoms with E-state index in [1.807, 2.05) is 6.07 Å². The molecule has 3 nitrogen and oxygen atoms in total. The van der Waals surface area contributed by atoms with Crippen LogP contribution in [0.15, 0.2) is 21.1 Å². The molecule has 0 unspecified atom stereocenters. The molecule has 0 amide bonds. The van der Waals surface area contributed by atoms with Gasteiger partial charge in [-0.05, 0) is 56.7 Å². The van der Waals surface area contributed by atoms with E-state index >= 15 is 0 Å². The van der Waals surface area contributed by atoms with E-state index in [9.17, 15) is 0 Å². The molecule has 1 aromatic carbocycles. The Labute approximate surface area is 144 Å². The summed E-state index contributed by atoms with van der Waals surface area (Å²) in [5.41, 5.74) is 1.11. The van der Waals surface area contributed by atoms with Gasteiger partial charge in [-0.2, -0.15) is 0 Å². The molecule has 0 saturated carbocycles. The van der Waals surface area contributed by atoms with Crippen LogP contribution in [-0.2, 0) is 0 Å². The first kappa shape index (κ1) is 17.1. The Kier molecular flexibility index (Phi) is 6.38. The minimum absolute atomic E-state index is 0.538. The highest BCUT2D eigenvalue weighted by molar-refractivity contribution is 9.11. The van der Waals surface area contributed by atoms with Gasteiger partial charge in [-0.1, -0.05) is 13.8 Å². The lowest BCUT2D eigenvalue weighted by Crippen LogP contribution is -2.40. The number of nitrogens with zero attached hydrogens (tertiary/aromatic N) is 1.